The van der Waals surface area contributed by atoms with Crippen molar-refractivity contribution in [3.63, 3.8) is 0 Å². The Balaban J connectivity index is 1.31. The molecule has 1 aromatic heterocycles. The number of para-hydroxylation sites is 1. The van der Waals surface area contributed by atoms with Crippen LogP contribution >= 0.6 is 0 Å². The maximum absolute atomic E-state index is 2.40. The molecule has 0 saturated carbocycles. The molecule has 1 heterocycles. The van der Waals surface area contributed by atoms with Crippen LogP contribution in [0.25, 0.3) is 82.4 Å². The third-order valence-corrected chi connectivity index (χ3v) is 9.14. The molecule has 1 nitrogen and oxygen atoms in total. The predicted molar refractivity (Wildman–Crippen MR) is 192 cm³/mol. The van der Waals surface area contributed by atoms with Gasteiger partial charge in [-0.05, 0) is 110 Å². The molecule has 0 radical (unpaired) electrons. The summed E-state index contributed by atoms with van der Waals surface area (Å²) < 4.78 is 2.40. The Hall–Kier alpha value is -5.92. The number of aromatic nitrogens is 1. The number of hydrogen-bond donors (Lipinski definition) is 0. The van der Waals surface area contributed by atoms with Crippen molar-refractivity contribution in [3.8, 4) is 39.1 Å². The average Bonchev–Trinajstić information content (AvgIpc) is 3.44. The molecule has 45 heavy (non-hydrogen) atoms. The molecule has 9 aromatic rings. The lowest BCUT2D eigenvalue weighted by Crippen LogP contribution is -1.93. The van der Waals surface area contributed by atoms with E-state index in [9.17, 15) is 0 Å². The molecule has 0 N–H and O–H groups in total. The van der Waals surface area contributed by atoms with Crippen LogP contribution in [0.1, 0.15) is 0 Å². The molecule has 0 bridgehead atoms. The van der Waals surface area contributed by atoms with Crippen LogP contribution in [0.4, 0.5) is 0 Å². The summed E-state index contributed by atoms with van der Waals surface area (Å²) in [6.45, 7) is 0. The van der Waals surface area contributed by atoms with Gasteiger partial charge in [-0.3, -0.25) is 0 Å². The smallest absolute Gasteiger partial charge is 0.0541 e. The number of nitrogens with zero attached hydrogens (tertiary/aromatic N) is 1. The summed E-state index contributed by atoms with van der Waals surface area (Å²) >= 11 is 0. The molecule has 1 heteroatoms. The van der Waals surface area contributed by atoms with Gasteiger partial charge < -0.3 is 4.57 Å². The normalized spacial score (nSPS) is 11.6. The minimum Gasteiger partial charge on any atom is -0.309 e. The van der Waals surface area contributed by atoms with Gasteiger partial charge in [0, 0.05) is 16.5 Å². The van der Waals surface area contributed by atoms with Gasteiger partial charge in [-0.1, -0.05) is 121 Å². The van der Waals surface area contributed by atoms with Crippen LogP contribution in [0.15, 0.2) is 176 Å². The van der Waals surface area contributed by atoms with Crippen molar-refractivity contribution >= 4 is 43.4 Å². The zero-order valence-electron chi connectivity index (χ0n) is 24.7. The van der Waals surface area contributed by atoms with Gasteiger partial charge in [0.15, 0.2) is 0 Å². The highest BCUT2D eigenvalue weighted by Gasteiger charge is 2.16. The summed E-state index contributed by atoms with van der Waals surface area (Å²) in [6, 6.07) is 64.1. The fourth-order valence-corrected chi connectivity index (χ4v) is 6.93. The van der Waals surface area contributed by atoms with E-state index in [1.54, 1.807) is 0 Å². The first-order valence-electron chi connectivity index (χ1n) is 15.5. The van der Waals surface area contributed by atoms with E-state index in [4.69, 9.17) is 0 Å². The van der Waals surface area contributed by atoms with Crippen LogP contribution in [0.2, 0.25) is 0 Å². The molecule has 0 saturated heterocycles. The van der Waals surface area contributed by atoms with Crippen molar-refractivity contribution in [1.82, 2.24) is 4.57 Å². The molecule has 0 unspecified atom stereocenters. The third-order valence-electron chi connectivity index (χ3n) is 9.14. The standard InChI is InChI=1S/C44H29N/c1-3-12-31(13-4-1)39-26-33-15-9-10-16-34(33)27-40(39)37-22-24-44-42(29-37)41-28-36(35-20-19-30-11-7-8-14-32(30)25-35)21-23-43(41)45(44)38-17-5-2-6-18-38/h1-29H. The first kappa shape index (κ1) is 25.6. The molecule has 0 amide bonds. The Kier molecular flexibility index (Phi) is 5.89. The van der Waals surface area contributed by atoms with Gasteiger partial charge in [-0.25, -0.2) is 0 Å². The van der Waals surface area contributed by atoms with Crippen LogP contribution in [0.5, 0.6) is 0 Å². The zero-order valence-corrected chi connectivity index (χ0v) is 24.7. The molecule has 0 atom stereocenters. The molecule has 0 fully saturated rings. The molecule has 210 valence electrons. The maximum atomic E-state index is 2.40. The number of fused-ring (bicyclic) bond motifs is 5. The van der Waals surface area contributed by atoms with Crippen molar-refractivity contribution in [1.29, 1.82) is 0 Å². The molecule has 0 spiro atoms. The molecule has 8 aromatic carbocycles. The molecule has 9 rings (SSSR count). The minimum atomic E-state index is 1.17. The summed E-state index contributed by atoms with van der Waals surface area (Å²) in [7, 11) is 0. The van der Waals surface area contributed by atoms with E-state index in [-0.39, 0.29) is 0 Å². The van der Waals surface area contributed by atoms with Crippen molar-refractivity contribution in [2.75, 3.05) is 0 Å². The quantitative estimate of drug-likeness (QED) is 0.198. The van der Waals surface area contributed by atoms with E-state index in [2.05, 4.69) is 180 Å². The molecule has 0 aliphatic heterocycles. The zero-order chi connectivity index (χ0) is 29.7. The van der Waals surface area contributed by atoms with E-state index in [0.717, 1.165) is 0 Å². The van der Waals surface area contributed by atoms with E-state index in [1.807, 2.05) is 0 Å². The van der Waals surface area contributed by atoms with Crippen molar-refractivity contribution in [2.24, 2.45) is 0 Å². The van der Waals surface area contributed by atoms with E-state index < -0.39 is 0 Å². The van der Waals surface area contributed by atoms with E-state index in [1.165, 1.54) is 82.4 Å². The number of benzene rings is 8. The SMILES string of the molecule is c1ccc(-c2cc3ccccc3cc2-c2ccc3c(c2)c2cc(-c4ccc5ccccc5c4)ccc2n3-c2ccccc2)cc1. The summed E-state index contributed by atoms with van der Waals surface area (Å²) in [5, 5.41) is 7.52. The Labute approximate surface area is 262 Å². The Morgan fingerprint density at radius 1 is 0.289 bits per heavy atom. The van der Waals surface area contributed by atoms with Crippen molar-refractivity contribution in [2.45, 2.75) is 0 Å². The van der Waals surface area contributed by atoms with Gasteiger partial charge in [-0.15, -0.1) is 0 Å². The molecular formula is C44H29N. The Morgan fingerprint density at radius 2 is 0.756 bits per heavy atom. The van der Waals surface area contributed by atoms with Crippen LogP contribution in [-0.2, 0) is 0 Å². The van der Waals surface area contributed by atoms with Crippen LogP contribution in [0.3, 0.4) is 0 Å². The summed E-state index contributed by atoms with van der Waals surface area (Å²) in [5.74, 6) is 0. The molecule has 0 aliphatic carbocycles. The van der Waals surface area contributed by atoms with Gasteiger partial charge in [0.05, 0.1) is 11.0 Å². The van der Waals surface area contributed by atoms with Gasteiger partial charge in [0.2, 0.25) is 0 Å². The summed E-state index contributed by atoms with van der Waals surface area (Å²) in [5.41, 5.74) is 11.0. The Bertz CT molecular complexity index is 2520. The third kappa shape index (κ3) is 4.32. The lowest BCUT2D eigenvalue weighted by molar-refractivity contribution is 1.18. The topological polar surface area (TPSA) is 4.93 Å². The van der Waals surface area contributed by atoms with Crippen molar-refractivity contribution < 1.29 is 0 Å². The maximum Gasteiger partial charge on any atom is 0.0541 e. The van der Waals surface area contributed by atoms with Gasteiger partial charge in [0.25, 0.3) is 0 Å². The largest absolute Gasteiger partial charge is 0.309 e. The van der Waals surface area contributed by atoms with Crippen molar-refractivity contribution in [3.05, 3.63) is 176 Å². The Morgan fingerprint density at radius 3 is 1.42 bits per heavy atom. The van der Waals surface area contributed by atoms with Gasteiger partial charge >= 0.3 is 0 Å². The fourth-order valence-electron chi connectivity index (χ4n) is 6.93. The lowest BCUT2D eigenvalue weighted by atomic mass is 9.91. The summed E-state index contributed by atoms with van der Waals surface area (Å²) in [4.78, 5) is 0. The van der Waals surface area contributed by atoms with Crippen LogP contribution < -0.4 is 0 Å². The van der Waals surface area contributed by atoms with E-state index in [0.29, 0.717) is 0 Å². The monoisotopic (exact) mass is 571 g/mol. The minimum absolute atomic E-state index is 1.17. The summed E-state index contributed by atoms with van der Waals surface area (Å²) in [6.07, 6.45) is 0. The highest BCUT2D eigenvalue weighted by Crippen LogP contribution is 2.41. The molecule has 0 aliphatic rings. The highest BCUT2D eigenvalue weighted by atomic mass is 15.0. The number of hydrogen-bond acceptors (Lipinski definition) is 0. The van der Waals surface area contributed by atoms with Gasteiger partial charge in [0.1, 0.15) is 0 Å². The second kappa shape index (κ2) is 10.4. The number of rotatable bonds is 4. The predicted octanol–water partition coefficient (Wildman–Crippen LogP) is 12.1. The first-order chi connectivity index (χ1) is 22.3. The first-order valence-corrected chi connectivity index (χ1v) is 15.5. The van der Waals surface area contributed by atoms with Crippen LogP contribution in [0, 0.1) is 0 Å². The molecular weight excluding hydrogens is 542 g/mol. The second-order valence-electron chi connectivity index (χ2n) is 11.8. The lowest BCUT2D eigenvalue weighted by Gasteiger charge is -2.13. The van der Waals surface area contributed by atoms with E-state index >= 15 is 0 Å². The second-order valence-corrected chi connectivity index (χ2v) is 11.8. The van der Waals surface area contributed by atoms with Gasteiger partial charge in [-0.2, -0.15) is 0 Å². The fraction of sp³-hybridized carbons (Fsp3) is 0. The van der Waals surface area contributed by atoms with Crippen LogP contribution in [-0.4, -0.2) is 4.57 Å². The average molecular weight is 572 g/mol. The highest BCUT2D eigenvalue weighted by molar-refractivity contribution is 6.12.